The van der Waals surface area contributed by atoms with E-state index in [4.69, 9.17) is 0 Å². The van der Waals surface area contributed by atoms with Crippen molar-refractivity contribution in [2.45, 2.75) is 44.6 Å². The van der Waals surface area contributed by atoms with E-state index in [2.05, 4.69) is 24.4 Å². The first kappa shape index (κ1) is 12.3. The number of benzene rings is 1. The molecule has 2 heteroatoms. The van der Waals surface area contributed by atoms with Gasteiger partial charge in [-0.25, -0.2) is 0 Å². The van der Waals surface area contributed by atoms with Gasteiger partial charge in [0, 0.05) is 6.42 Å². The Morgan fingerprint density at radius 1 is 1.24 bits per heavy atom. The summed E-state index contributed by atoms with van der Waals surface area (Å²) in [6.07, 6.45) is 4.89. The summed E-state index contributed by atoms with van der Waals surface area (Å²) in [6, 6.07) is 10.2. The number of rotatable bonds is 4. The molecule has 1 aromatic rings. The summed E-state index contributed by atoms with van der Waals surface area (Å²) in [6.45, 7) is 3.04. The SMILES string of the molecule is CCCN[C@@]1(c2ccccc2)CCCCC1=O. The summed E-state index contributed by atoms with van der Waals surface area (Å²) in [5.74, 6) is 0.364. The average molecular weight is 231 g/mol. The lowest BCUT2D eigenvalue weighted by atomic mass is 9.75. The summed E-state index contributed by atoms with van der Waals surface area (Å²) in [5.41, 5.74) is 0.730. The van der Waals surface area contributed by atoms with Crippen molar-refractivity contribution in [3.8, 4) is 0 Å². The van der Waals surface area contributed by atoms with Crippen molar-refractivity contribution < 1.29 is 4.79 Å². The van der Waals surface area contributed by atoms with E-state index >= 15 is 0 Å². The minimum absolute atomic E-state index is 0.364. The Morgan fingerprint density at radius 2 is 2.00 bits per heavy atom. The van der Waals surface area contributed by atoms with Crippen LogP contribution >= 0.6 is 0 Å². The average Bonchev–Trinajstić information content (AvgIpc) is 2.39. The first-order chi connectivity index (χ1) is 8.29. The van der Waals surface area contributed by atoms with Crippen molar-refractivity contribution in [2.24, 2.45) is 0 Å². The third-order valence-corrected chi connectivity index (χ3v) is 3.62. The molecule has 2 nitrogen and oxygen atoms in total. The van der Waals surface area contributed by atoms with Gasteiger partial charge in [0.2, 0.25) is 0 Å². The zero-order valence-electron chi connectivity index (χ0n) is 10.5. The van der Waals surface area contributed by atoms with Gasteiger partial charge >= 0.3 is 0 Å². The van der Waals surface area contributed by atoms with Gasteiger partial charge in [-0.05, 0) is 31.4 Å². The maximum Gasteiger partial charge on any atom is 0.157 e. The van der Waals surface area contributed by atoms with Crippen molar-refractivity contribution in [3.63, 3.8) is 0 Å². The Morgan fingerprint density at radius 3 is 2.65 bits per heavy atom. The van der Waals surface area contributed by atoms with E-state index < -0.39 is 5.54 Å². The molecule has 92 valence electrons. The molecule has 0 radical (unpaired) electrons. The zero-order chi connectivity index (χ0) is 12.1. The minimum atomic E-state index is -0.407. The zero-order valence-corrected chi connectivity index (χ0v) is 10.5. The van der Waals surface area contributed by atoms with Crippen molar-refractivity contribution in [1.29, 1.82) is 0 Å². The van der Waals surface area contributed by atoms with Gasteiger partial charge in [-0.15, -0.1) is 0 Å². The van der Waals surface area contributed by atoms with Crippen LogP contribution in [0.2, 0.25) is 0 Å². The van der Waals surface area contributed by atoms with E-state index in [1.807, 2.05) is 18.2 Å². The third-order valence-electron chi connectivity index (χ3n) is 3.62. The molecule has 1 N–H and O–H groups in total. The van der Waals surface area contributed by atoms with Crippen LogP contribution in [-0.4, -0.2) is 12.3 Å². The Hall–Kier alpha value is -1.15. The van der Waals surface area contributed by atoms with Crippen LogP contribution in [-0.2, 0) is 10.3 Å². The first-order valence-electron chi connectivity index (χ1n) is 6.63. The van der Waals surface area contributed by atoms with Crippen LogP contribution in [0, 0.1) is 0 Å². The molecule has 2 rings (SSSR count). The molecule has 0 saturated heterocycles. The highest BCUT2D eigenvalue weighted by Gasteiger charge is 2.40. The molecule has 0 heterocycles. The predicted octanol–water partition coefficient (Wildman–Crippen LogP) is 3.02. The van der Waals surface area contributed by atoms with Crippen molar-refractivity contribution >= 4 is 5.78 Å². The highest BCUT2D eigenvalue weighted by Crippen LogP contribution is 2.34. The standard InChI is InChI=1S/C15H21NO/c1-2-12-16-15(11-7-6-10-14(15)17)13-8-4-3-5-9-13/h3-5,8-9,16H,2,6-7,10-12H2,1H3/t15-/m1/s1. The summed E-state index contributed by atoms with van der Waals surface area (Å²) in [7, 11) is 0. The second kappa shape index (κ2) is 5.46. The molecule has 1 atom stereocenters. The Bertz CT molecular complexity index is 374. The monoisotopic (exact) mass is 231 g/mol. The highest BCUT2D eigenvalue weighted by atomic mass is 16.1. The molecule has 1 saturated carbocycles. The van der Waals surface area contributed by atoms with Crippen molar-refractivity contribution in [2.75, 3.05) is 6.54 Å². The van der Waals surface area contributed by atoms with Gasteiger partial charge in [0.25, 0.3) is 0 Å². The summed E-state index contributed by atoms with van der Waals surface area (Å²) < 4.78 is 0. The number of ketones is 1. The lowest BCUT2D eigenvalue weighted by Crippen LogP contribution is -2.51. The molecular weight excluding hydrogens is 210 g/mol. The molecule has 0 bridgehead atoms. The molecule has 0 spiro atoms. The van der Waals surface area contributed by atoms with Crippen LogP contribution < -0.4 is 5.32 Å². The van der Waals surface area contributed by atoms with E-state index in [9.17, 15) is 4.79 Å². The quantitative estimate of drug-likeness (QED) is 0.863. The first-order valence-corrected chi connectivity index (χ1v) is 6.63. The second-order valence-corrected chi connectivity index (χ2v) is 4.83. The van der Waals surface area contributed by atoms with E-state index in [-0.39, 0.29) is 0 Å². The molecule has 0 aromatic heterocycles. The van der Waals surface area contributed by atoms with Crippen LogP contribution in [0.5, 0.6) is 0 Å². The molecule has 1 aliphatic rings. The second-order valence-electron chi connectivity index (χ2n) is 4.83. The van der Waals surface area contributed by atoms with Gasteiger partial charge in [0.15, 0.2) is 5.78 Å². The molecule has 0 unspecified atom stereocenters. The number of hydrogen-bond acceptors (Lipinski definition) is 2. The molecule has 1 aromatic carbocycles. The molecule has 1 aliphatic carbocycles. The predicted molar refractivity (Wildman–Crippen MR) is 69.9 cm³/mol. The van der Waals surface area contributed by atoms with Gasteiger partial charge < -0.3 is 5.32 Å². The fourth-order valence-electron chi connectivity index (χ4n) is 2.68. The molecule has 0 amide bonds. The smallest absolute Gasteiger partial charge is 0.157 e. The van der Waals surface area contributed by atoms with E-state index in [1.165, 1.54) is 0 Å². The number of carbonyl (C=O) groups is 1. The third kappa shape index (κ3) is 2.42. The lowest BCUT2D eigenvalue weighted by molar-refractivity contribution is -0.128. The van der Waals surface area contributed by atoms with Crippen molar-refractivity contribution in [1.82, 2.24) is 5.32 Å². The van der Waals surface area contributed by atoms with Gasteiger partial charge in [-0.2, -0.15) is 0 Å². The Kier molecular flexibility index (Phi) is 3.95. The van der Waals surface area contributed by atoms with E-state index in [1.54, 1.807) is 0 Å². The van der Waals surface area contributed by atoms with Gasteiger partial charge in [-0.1, -0.05) is 43.7 Å². The molecule has 0 aliphatic heterocycles. The number of hydrogen-bond donors (Lipinski definition) is 1. The van der Waals surface area contributed by atoms with Crippen LogP contribution in [0.4, 0.5) is 0 Å². The molecular formula is C15H21NO. The minimum Gasteiger partial charge on any atom is -0.301 e. The summed E-state index contributed by atoms with van der Waals surface area (Å²) >= 11 is 0. The van der Waals surface area contributed by atoms with Gasteiger partial charge in [-0.3, -0.25) is 4.79 Å². The Balaban J connectivity index is 2.32. The number of carbonyl (C=O) groups excluding carboxylic acids is 1. The maximum absolute atomic E-state index is 12.4. The normalized spacial score (nSPS) is 24.9. The van der Waals surface area contributed by atoms with Gasteiger partial charge in [0.1, 0.15) is 5.54 Å². The van der Waals surface area contributed by atoms with Crippen LogP contribution in [0.3, 0.4) is 0 Å². The number of Topliss-reactive ketones (excluding diaryl/α,β-unsaturated/α-hetero) is 1. The number of nitrogens with one attached hydrogen (secondary N) is 1. The van der Waals surface area contributed by atoms with Crippen molar-refractivity contribution in [3.05, 3.63) is 35.9 Å². The van der Waals surface area contributed by atoms with Gasteiger partial charge in [0.05, 0.1) is 0 Å². The van der Waals surface area contributed by atoms with E-state index in [0.717, 1.165) is 37.8 Å². The summed E-state index contributed by atoms with van der Waals surface area (Å²) in [4.78, 5) is 12.4. The van der Waals surface area contributed by atoms with Crippen LogP contribution in [0.1, 0.15) is 44.6 Å². The maximum atomic E-state index is 12.4. The van der Waals surface area contributed by atoms with Crippen LogP contribution in [0.25, 0.3) is 0 Å². The highest BCUT2D eigenvalue weighted by molar-refractivity contribution is 5.90. The van der Waals surface area contributed by atoms with E-state index in [0.29, 0.717) is 12.2 Å². The lowest BCUT2D eigenvalue weighted by Gasteiger charge is -2.37. The largest absolute Gasteiger partial charge is 0.301 e. The molecule has 1 fully saturated rings. The molecule has 17 heavy (non-hydrogen) atoms. The van der Waals surface area contributed by atoms with Crippen LogP contribution in [0.15, 0.2) is 30.3 Å². The fourth-order valence-corrected chi connectivity index (χ4v) is 2.68. The fraction of sp³-hybridized carbons (Fsp3) is 0.533. The summed E-state index contributed by atoms with van der Waals surface area (Å²) in [5, 5.41) is 3.50. The topological polar surface area (TPSA) is 29.1 Å². The Labute approximate surface area is 103 Å².